The van der Waals surface area contributed by atoms with Crippen LogP contribution in [0.2, 0.25) is 0 Å². The summed E-state index contributed by atoms with van der Waals surface area (Å²) in [6.07, 6.45) is 13.3. The molecule has 0 amide bonds. The van der Waals surface area contributed by atoms with Crippen LogP contribution in [0, 0.1) is 34.5 Å². The normalized spacial score (nSPS) is 38.7. The average Bonchev–Trinajstić information content (AvgIpc) is 3.10. The van der Waals surface area contributed by atoms with Crippen LogP contribution in [0.15, 0.2) is 30.6 Å². The molecule has 1 heterocycles. The van der Waals surface area contributed by atoms with Crippen molar-refractivity contribution in [3.63, 3.8) is 0 Å². The Labute approximate surface area is 174 Å². The fourth-order valence-electron chi connectivity index (χ4n) is 7.23. The van der Waals surface area contributed by atoms with Crippen LogP contribution >= 0.6 is 0 Å². The van der Waals surface area contributed by atoms with Gasteiger partial charge in [0.15, 0.2) is 0 Å². The maximum Gasteiger partial charge on any atom is 0.305 e. The summed E-state index contributed by atoms with van der Waals surface area (Å²) < 4.78 is 4.92. The van der Waals surface area contributed by atoms with Crippen molar-refractivity contribution in [2.24, 2.45) is 34.5 Å². The number of ether oxygens (including phenoxy) is 1. The van der Waals surface area contributed by atoms with Gasteiger partial charge in [0.25, 0.3) is 0 Å². The first-order valence-corrected chi connectivity index (χ1v) is 11.2. The molecular formula is C25H35NO3. The van der Waals surface area contributed by atoms with Crippen molar-refractivity contribution in [3.05, 3.63) is 36.2 Å². The van der Waals surface area contributed by atoms with Crippen LogP contribution < -0.4 is 0 Å². The lowest BCUT2D eigenvalue weighted by molar-refractivity contribution is -0.144. The highest BCUT2D eigenvalue weighted by atomic mass is 16.5. The van der Waals surface area contributed by atoms with Crippen LogP contribution in [0.25, 0.3) is 5.57 Å². The van der Waals surface area contributed by atoms with E-state index < -0.39 is 0 Å². The van der Waals surface area contributed by atoms with Crippen LogP contribution in [0.3, 0.4) is 0 Å². The summed E-state index contributed by atoms with van der Waals surface area (Å²) in [6.45, 7) is 5.02. The molecule has 0 saturated heterocycles. The van der Waals surface area contributed by atoms with Crippen molar-refractivity contribution in [3.8, 4) is 0 Å². The Hall–Kier alpha value is -1.68. The number of hydrogen-bond acceptors (Lipinski definition) is 4. The van der Waals surface area contributed by atoms with E-state index in [1.165, 1.54) is 37.5 Å². The van der Waals surface area contributed by atoms with Crippen molar-refractivity contribution >= 4 is 11.5 Å². The standard InChI is InChI=1S/C25H35NO3/c1-24(13-11-23(28)29-3)18(16-27)6-7-19-21-9-8-20(17-5-4-14-26-15-17)25(21,2)12-10-22(19)24/h4-5,8,14-15,18-19,21-22,27H,6-7,9-13,16H2,1-3H3/t18-,19-,21-,22-,24-,25+/m0/s1. The molecule has 0 spiro atoms. The SMILES string of the molecule is COC(=O)CC[C@@]1(C)[C@H](CO)CC[C@@H]2[C@@H]1CC[C@]1(C)C(c3cccnc3)=CC[C@@H]21. The summed E-state index contributed by atoms with van der Waals surface area (Å²) in [5.74, 6) is 2.02. The smallest absolute Gasteiger partial charge is 0.305 e. The van der Waals surface area contributed by atoms with Gasteiger partial charge in [-0.15, -0.1) is 0 Å². The van der Waals surface area contributed by atoms with Crippen molar-refractivity contribution < 1.29 is 14.6 Å². The van der Waals surface area contributed by atoms with E-state index in [1.807, 2.05) is 18.5 Å². The van der Waals surface area contributed by atoms with Gasteiger partial charge in [-0.1, -0.05) is 26.0 Å². The lowest BCUT2D eigenvalue weighted by Gasteiger charge is -2.58. The minimum atomic E-state index is -0.132. The van der Waals surface area contributed by atoms with E-state index in [2.05, 4.69) is 31.0 Å². The van der Waals surface area contributed by atoms with E-state index in [0.29, 0.717) is 24.2 Å². The van der Waals surface area contributed by atoms with Gasteiger partial charge in [0, 0.05) is 25.4 Å². The number of allylic oxidation sites excluding steroid dienone is 2. The molecule has 0 aromatic carbocycles. The molecule has 3 aliphatic rings. The summed E-state index contributed by atoms with van der Waals surface area (Å²) in [5, 5.41) is 10.1. The summed E-state index contributed by atoms with van der Waals surface area (Å²) in [4.78, 5) is 16.2. The number of esters is 1. The van der Waals surface area contributed by atoms with E-state index in [9.17, 15) is 9.90 Å². The molecule has 2 fully saturated rings. The largest absolute Gasteiger partial charge is 0.469 e. The predicted octanol–water partition coefficient (Wildman–Crippen LogP) is 4.88. The third-order valence-electron chi connectivity index (χ3n) is 8.93. The molecule has 4 nitrogen and oxygen atoms in total. The summed E-state index contributed by atoms with van der Waals surface area (Å²) in [7, 11) is 1.47. The molecule has 0 radical (unpaired) electrons. The molecule has 1 N–H and O–H groups in total. The van der Waals surface area contributed by atoms with Gasteiger partial charge in [0.1, 0.15) is 0 Å². The maximum atomic E-state index is 11.9. The first-order chi connectivity index (χ1) is 13.9. The molecule has 29 heavy (non-hydrogen) atoms. The number of carbonyl (C=O) groups is 1. The van der Waals surface area contributed by atoms with Crippen molar-refractivity contribution in [2.75, 3.05) is 13.7 Å². The van der Waals surface area contributed by atoms with E-state index >= 15 is 0 Å². The molecule has 4 heteroatoms. The molecule has 1 aromatic rings. The third-order valence-corrected chi connectivity index (χ3v) is 8.93. The average molecular weight is 398 g/mol. The lowest BCUT2D eigenvalue weighted by Crippen LogP contribution is -2.52. The number of aromatic nitrogens is 1. The molecule has 3 aliphatic carbocycles. The topological polar surface area (TPSA) is 59.4 Å². The molecular weight excluding hydrogens is 362 g/mol. The second-order valence-electron chi connectivity index (χ2n) is 9.97. The number of fused-ring (bicyclic) bond motifs is 3. The zero-order valence-electron chi connectivity index (χ0n) is 18.1. The first-order valence-electron chi connectivity index (χ1n) is 11.2. The molecule has 6 atom stereocenters. The van der Waals surface area contributed by atoms with Crippen LogP contribution in [-0.2, 0) is 9.53 Å². The first kappa shape index (κ1) is 20.6. The molecule has 158 valence electrons. The summed E-state index contributed by atoms with van der Waals surface area (Å²) >= 11 is 0. The Kier molecular flexibility index (Phi) is 5.58. The van der Waals surface area contributed by atoms with Gasteiger partial charge >= 0.3 is 5.97 Å². The minimum absolute atomic E-state index is 0.00421. The highest BCUT2D eigenvalue weighted by Gasteiger charge is 2.57. The van der Waals surface area contributed by atoms with Crippen molar-refractivity contribution in [1.82, 2.24) is 4.98 Å². The Morgan fingerprint density at radius 1 is 1.28 bits per heavy atom. The zero-order chi connectivity index (χ0) is 20.6. The molecule has 0 bridgehead atoms. The number of nitrogens with zero attached hydrogens (tertiary/aromatic N) is 1. The Balaban J connectivity index is 1.60. The zero-order valence-corrected chi connectivity index (χ0v) is 18.1. The number of aliphatic hydroxyl groups excluding tert-OH is 1. The van der Waals surface area contributed by atoms with Gasteiger partial charge in [0.2, 0.25) is 0 Å². The Bertz CT molecular complexity index is 776. The van der Waals surface area contributed by atoms with Crippen molar-refractivity contribution in [1.29, 1.82) is 0 Å². The van der Waals surface area contributed by atoms with E-state index in [4.69, 9.17) is 4.74 Å². The number of hydrogen-bond donors (Lipinski definition) is 1. The molecule has 2 saturated carbocycles. The van der Waals surface area contributed by atoms with Gasteiger partial charge in [0.05, 0.1) is 7.11 Å². The predicted molar refractivity (Wildman–Crippen MR) is 114 cm³/mol. The molecule has 0 aliphatic heterocycles. The number of pyridine rings is 1. The Morgan fingerprint density at radius 3 is 2.79 bits per heavy atom. The highest BCUT2D eigenvalue weighted by molar-refractivity contribution is 5.72. The highest BCUT2D eigenvalue weighted by Crippen LogP contribution is 2.66. The van der Waals surface area contributed by atoms with Gasteiger partial charge in [-0.2, -0.15) is 0 Å². The number of carbonyl (C=O) groups excluding carboxylic acids is 1. The van der Waals surface area contributed by atoms with Crippen LogP contribution in [0.4, 0.5) is 0 Å². The van der Waals surface area contributed by atoms with Crippen LogP contribution in [-0.4, -0.2) is 29.8 Å². The fraction of sp³-hybridized carbons (Fsp3) is 0.680. The number of rotatable bonds is 5. The van der Waals surface area contributed by atoms with Gasteiger partial charge in [-0.05, 0) is 90.2 Å². The van der Waals surface area contributed by atoms with Gasteiger partial charge in [-0.3, -0.25) is 9.78 Å². The minimum Gasteiger partial charge on any atom is -0.469 e. The second-order valence-corrected chi connectivity index (χ2v) is 9.97. The van der Waals surface area contributed by atoms with Crippen LogP contribution in [0.1, 0.15) is 64.4 Å². The molecule has 4 rings (SSSR count). The maximum absolute atomic E-state index is 11.9. The number of methoxy groups -OCH3 is 1. The Morgan fingerprint density at radius 2 is 2.10 bits per heavy atom. The molecule has 1 aromatic heterocycles. The van der Waals surface area contributed by atoms with Gasteiger partial charge in [-0.25, -0.2) is 0 Å². The summed E-state index contributed by atoms with van der Waals surface area (Å²) in [6, 6.07) is 4.23. The lowest BCUT2D eigenvalue weighted by atomic mass is 9.46. The van der Waals surface area contributed by atoms with Gasteiger partial charge < -0.3 is 9.84 Å². The fourth-order valence-corrected chi connectivity index (χ4v) is 7.23. The monoisotopic (exact) mass is 397 g/mol. The van der Waals surface area contributed by atoms with E-state index in [-0.39, 0.29) is 29.3 Å². The summed E-state index contributed by atoms with van der Waals surface area (Å²) in [5.41, 5.74) is 2.96. The van der Waals surface area contributed by atoms with Crippen molar-refractivity contribution in [2.45, 2.75) is 58.8 Å². The van der Waals surface area contributed by atoms with E-state index in [0.717, 1.165) is 19.3 Å². The quantitative estimate of drug-likeness (QED) is 0.720. The second kappa shape index (κ2) is 7.86. The third kappa shape index (κ3) is 3.34. The van der Waals surface area contributed by atoms with E-state index in [1.54, 1.807) is 0 Å². The van der Waals surface area contributed by atoms with Crippen LogP contribution in [0.5, 0.6) is 0 Å². The molecule has 0 unspecified atom stereocenters. The number of aliphatic hydroxyl groups is 1.